The lowest BCUT2D eigenvalue weighted by atomic mass is 9.97. The molecular weight excluding hydrogens is 868 g/mol. The molecule has 0 spiro atoms. The van der Waals surface area contributed by atoms with E-state index in [0.29, 0.717) is 5.69 Å². The van der Waals surface area contributed by atoms with Crippen molar-refractivity contribution in [1.82, 2.24) is 29.3 Å². The van der Waals surface area contributed by atoms with Crippen LogP contribution in [-0.4, -0.2) is 82.9 Å². The van der Waals surface area contributed by atoms with Gasteiger partial charge in [0.15, 0.2) is 0 Å². The number of nitrogens with two attached hydrogens (primary N) is 1. The number of carbonyl (C=O) groups is 2. The van der Waals surface area contributed by atoms with Crippen molar-refractivity contribution >= 4 is 88.3 Å². The first-order chi connectivity index (χ1) is 27.4. The van der Waals surface area contributed by atoms with Crippen LogP contribution in [0.1, 0.15) is 99.0 Å². The molecular formula is C43H52Br2N8O5. The number of hydrogen-bond donors (Lipinski definition) is 3. The number of nitrogen functional groups attached to an aromatic ring is 1. The van der Waals surface area contributed by atoms with E-state index < -0.39 is 11.2 Å². The molecule has 0 radical (unpaired) electrons. The molecule has 15 heteroatoms. The van der Waals surface area contributed by atoms with Crippen molar-refractivity contribution in [1.29, 1.82) is 0 Å². The third kappa shape index (κ3) is 8.12. The Bertz CT molecular complexity index is 2420. The van der Waals surface area contributed by atoms with Gasteiger partial charge in [0.05, 0.1) is 45.8 Å². The predicted molar refractivity (Wildman–Crippen MR) is 234 cm³/mol. The monoisotopic (exact) mass is 918 g/mol. The summed E-state index contributed by atoms with van der Waals surface area (Å²) in [5, 5.41) is 5.62. The number of carbonyl (C=O) groups excluding carboxylic acids is 2. The van der Waals surface area contributed by atoms with Gasteiger partial charge >= 0.3 is 17.9 Å². The molecule has 4 saturated heterocycles. The predicted octanol–water partition coefficient (Wildman–Crippen LogP) is 9.67. The van der Waals surface area contributed by atoms with Gasteiger partial charge in [-0.3, -0.25) is 14.5 Å². The minimum absolute atomic E-state index is 0.0343. The van der Waals surface area contributed by atoms with Crippen LogP contribution in [0.15, 0.2) is 62.5 Å². The molecule has 4 atom stereocenters. The van der Waals surface area contributed by atoms with Crippen LogP contribution in [0.4, 0.5) is 21.0 Å². The van der Waals surface area contributed by atoms with E-state index in [4.69, 9.17) is 15.2 Å². The highest BCUT2D eigenvalue weighted by Gasteiger charge is 2.47. The molecule has 2 amide bonds. The van der Waals surface area contributed by atoms with E-state index in [9.17, 15) is 14.4 Å². The Morgan fingerprint density at radius 3 is 1.76 bits per heavy atom. The van der Waals surface area contributed by atoms with Crippen LogP contribution in [0.5, 0.6) is 0 Å². The smallest absolute Gasteiger partial charge is 0.410 e. The van der Waals surface area contributed by atoms with E-state index in [2.05, 4.69) is 52.1 Å². The Hall–Kier alpha value is -4.37. The highest BCUT2D eigenvalue weighted by Crippen LogP contribution is 2.43. The number of anilines is 2. The minimum Gasteiger partial charge on any atom is -0.444 e. The molecule has 5 aromatic rings. The van der Waals surface area contributed by atoms with Crippen molar-refractivity contribution in [3.8, 4) is 0 Å². The van der Waals surface area contributed by atoms with Gasteiger partial charge in [-0.25, -0.2) is 14.4 Å². The average Bonchev–Trinajstić information content (AvgIpc) is 3.73. The zero-order valence-corrected chi connectivity index (χ0v) is 37.0. The molecule has 4 bridgehead atoms. The number of amides is 2. The van der Waals surface area contributed by atoms with Crippen molar-refractivity contribution in [2.24, 2.45) is 0 Å². The topological polar surface area (TPSA) is 161 Å². The first-order valence-electron chi connectivity index (χ1n) is 20.2. The van der Waals surface area contributed by atoms with Gasteiger partial charge < -0.3 is 35.3 Å². The molecule has 4 N–H and O–H groups in total. The summed E-state index contributed by atoms with van der Waals surface area (Å²) < 4.78 is 15.1. The van der Waals surface area contributed by atoms with Crippen molar-refractivity contribution in [3.05, 3.63) is 68.2 Å². The van der Waals surface area contributed by atoms with E-state index in [0.717, 1.165) is 98.8 Å². The van der Waals surface area contributed by atoms with E-state index in [1.165, 1.54) is 0 Å². The lowest BCUT2D eigenvalue weighted by molar-refractivity contribution is 0.00270. The molecule has 7 heterocycles. The summed E-state index contributed by atoms with van der Waals surface area (Å²) in [6.07, 6.45) is 10.3. The van der Waals surface area contributed by atoms with Gasteiger partial charge in [-0.15, -0.1) is 0 Å². The quantitative estimate of drug-likeness (QED) is 0.160. The molecule has 0 aliphatic carbocycles. The molecule has 0 saturated carbocycles. The summed E-state index contributed by atoms with van der Waals surface area (Å²) in [4.78, 5) is 54.2. The molecule has 2 aromatic carbocycles. The lowest BCUT2D eigenvalue weighted by Gasteiger charge is -2.40. The number of nitrogens with zero attached hydrogens (tertiary/aromatic N) is 5. The molecule has 4 fully saturated rings. The number of pyridine rings is 2. The second-order valence-electron chi connectivity index (χ2n) is 18.2. The number of benzene rings is 2. The van der Waals surface area contributed by atoms with Crippen LogP contribution in [0.3, 0.4) is 0 Å². The van der Waals surface area contributed by atoms with Gasteiger partial charge in [0.1, 0.15) is 11.2 Å². The zero-order chi connectivity index (χ0) is 41.3. The highest BCUT2D eigenvalue weighted by molar-refractivity contribution is 9.10. The number of nitrogens with one attached hydrogen (secondary N) is 2. The van der Waals surface area contributed by atoms with Gasteiger partial charge in [0.2, 0.25) is 0 Å². The third-order valence-corrected chi connectivity index (χ3v) is 12.7. The number of hydrogen-bond acceptors (Lipinski definition) is 9. The van der Waals surface area contributed by atoms with Crippen molar-refractivity contribution in [2.45, 2.75) is 140 Å². The number of halogens is 2. The van der Waals surface area contributed by atoms with E-state index in [-0.39, 0.29) is 54.1 Å². The number of fused-ring (bicyclic) bond motifs is 8. The maximum Gasteiger partial charge on any atom is 0.410 e. The highest BCUT2D eigenvalue weighted by atomic mass is 79.9. The molecule has 9 rings (SSSR count). The first-order valence-corrected chi connectivity index (χ1v) is 21.8. The first kappa shape index (κ1) is 40.4. The zero-order valence-electron chi connectivity index (χ0n) is 33.9. The Labute approximate surface area is 354 Å². The van der Waals surface area contributed by atoms with Crippen LogP contribution in [0, 0.1) is 0 Å². The largest absolute Gasteiger partial charge is 0.444 e. The molecule has 4 unspecified atom stereocenters. The fourth-order valence-electron chi connectivity index (χ4n) is 9.55. The fourth-order valence-corrected chi connectivity index (χ4v) is 10.3. The lowest BCUT2D eigenvalue weighted by Crippen LogP contribution is -2.51. The van der Waals surface area contributed by atoms with Gasteiger partial charge in [-0.05, 0) is 129 Å². The second-order valence-corrected chi connectivity index (χ2v) is 20.0. The molecule has 4 aliphatic rings. The Kier molecular flexibility index (Phi) is 10.7. The third-order valence-electron chi connectivity index (χ3n) is 11.7. The SMILES string of the molecule is CC(C)(C)OC(=O)N1C2CCC1CC(Nc1c(N)cnc3ccc(Br)cc13)C2.CC(C)(C)OC(=O)N1C2CCC1CC(n1c(=O)[nH]c3cnc4ccc(Br)cc4c31)C2. The van der Waals surface area contributed by atoms with E-state index >= 15 is 0 Å². The van der Waals surface area contributed by atoms with Crippen molar-refractivity contribution in [2.75, 3.05) is 11.1 Å². The number of piperidine rings is 2. The van der Waals surface area contributed by atoms with Crippen LogP contribution in [0.25, 0.3) is 32.8 Å². The molecule has 58 heavy (non-hydrogen) atoms. The van der Waals surface area contributed by atoms with Gasteiger partial charge in [0.25, 0.3) is 0 Å². The van der Waals surface area contributed by atoms with E-state index in [1.807, 2.05) is 92.3 Å². The fraction of sp³-hybridized carbons (Fsp3) is 0.512. The Balaban J connectivity index is 0.000000162. The van der Waals surface area contributed by atoms with Crippen LogP contribution < -0.4 is 16.7 Å². The standard InChI is InChI=1S/C22H25BrN4O3.C21H27BrN4O2/c1-22(2,3)30-21(29)26-13-5-6-14(26)10-15(9-13)27-19-16-8-12(23)4-7-17(16)24-11-18(19)25-20(27)28;1-21(2,3)28-20(27)26-14-5-6-15(26)10-13(9-14)25-19-16-8-12(22)4-7-18(16)24-11-17(19)23/h4,7-8,11,13-15H,5-6,9-10H2,1-3H3,(H,25,28);4,7-8,11,13-15H,5-6,9-10,23H2,1-3H3,(H,24,25). The normalized spacial score (nSPS) is 24.2. The van der Waals surface area contributed by atoms with Crippen molar-refractivity contribution < 1.29 is 19.1 Å². The number of aromatic amines is 1. The summed E-state index contributed by atoms with van der Waals surface area (Å²) in [5.74, 6) is 0. The Morgan fingerprint density at radius 1 is 0.741 bits per heavy atom. The number of H-pyrrole nitrogens is 1. The summed E-state index contributed by atoms with van der Waals surface area (Å²) >= 11 is 7.08. The number of imidazole rings is 1. The summed E-state index contributed by atoms with van der Waals surface area (Å²) in [6.45, 7) is 11.4. The molecule has 4 aliphatic heterocycles. The average molecular weight is 921 g/mol. The minimum atomic E-state index is -0.513. The number of ether oxygens (including phenoxy) is 2. The second kappa shape index (κ2) is 15.3. The van der Waals surface area contributed by atoms with Gasteiger partial charge in [-0.2, -0.15) is 0 Å². The molecule has 308 valence electrons. The van der Waals surface area contributed by atoms with Crippen molar-refractivity contribution in [3.63, 3.8) is 0 Å². The molecule has 13 nitrogen and oxygen atoms in total. The Morgan fingerprint density at radius 2 is 1.22 bits per heavy atom. The number of rotatable bonds is 3. The summed E-state index contributed by atoms with van der Waals surface area (Å²) in [7, 11) is 0. The maximum atomic E-state index is 13.0. The van der Waals surface area contributed by atoms with Crippen LogP contribution >= 0.6 is 31.9 Å². The van der Waals surface area contributed by atoms with Crippen LogP contribution in [0.2, 0.25) is 0 Å². The van der Waals surface area contributed by atoms with Gasteiger partial charge in [0, 0.05) is 56.0 Å². The molecule has 3 aromatic heterocycles. The number of aromatic nitrogens is 4. The van der Waals surface area contributed by atoms with Crippen LogP contribution in [-0.2, 0) is 9.47 Å². The van der Waals surface area contributed by atoms with E-state index in [1.54, 1.807) is 12.4 Å². The van der Waals surface area contributed by atoms with Gasteiger partial charge in [-0.1, -0.05) is 31.9 Å². The maximum absolute atomic E-state index is 13.0. The summed E-state index contributed by atoms with van der Waals surface area (Å²) in [5.41, 5.74) is 10.1. The summed E-state index contributed by atoms with van der Waals surface area (Å²) in [6, 6.07) is 12.9.